The van der Waals surface area contributed by atoms with Crippen LogP contribution in [0.25, 0.3) is 0 Å². The Hall–Kier alpha value is -2.94. The second kappa shape index (κ2) is 13.2. The number of carbonyl (C=O) groups is 2. The summed E-state index contributed by atoms with van der Waals surface area (Å²) in [4.78, 5) is 26.5. The van der Waals surface area contributed by atoms with Gasteiger partial charge in [-0.2, -0.15) is 0 Å². The molecule has 0 heterocycles. The smallest absolute Gasteiger partial charge is 0.325 e. The Kier molecular flexibility index (Phi) is 10.7. The number of esters is 1. The first-order valence-corrected chi connectivity index (χ1v) is 11.8. The maximum atomic E-state index is 12.9. The number of anilines is 1. The molecule has 2 rings (SSSR count). The van der Waals surface area contributed by atoms with E-state index in [1.54, 1.807) is 6.92 Å². The fraction of sp³-hybridized carbons (Fsp3) is 0.481. The maximum Gasteiger partial charge on any atom is 0.325 e. The predicted octanol–water partition coefficient (Wildman–Crippen LogP) is 2.81. The molecule has 0 spiro atoms. The SMILES string of the molecule is CCOC(=O)[C@H](NCc1ccc(N(C)C)cc1)[C@@H](O)[C@@H](OC(C)(C)C)C(NC=O)c1ccccc1. The molecule has 1 unspecified atom stereocenters. The van der Waals surface area contributed by atoms with Gasteiger partial charge >= 0.3 is 5.97 Å². The minimum absolute atomic E-state index is 0.167. The van der Waals surface area contributed by atoms with Crippen LogP contribution in [0.1, 0.15) is 44.9 Å². The van der Waals surface area contributed by atoms with Crippen LogP contribution in [0.15, 0.2) is 54.6 Å². The van der Waals surface area contributed by atoms with Crippen molar-refractivity contribution in [1.29, 1.82) is 0 Å². The Morgan fingerprint density at radius 2 is 1.71 bits per heavy atom. The summed E-state index contributed by atoms with van der Waals surface area (Å²) in [6.07, 6.45) is -1.70. The quantitative estimate of drug-likeness (QED) is 0.296. The molecule has 0 aromatic heterocycles. The third kappa shape index (κ3) is 8.65. The highest BCUT2D eigenvalue weighted by molar-refractivity contribution is 5.76. The molecule has 0 fully saturated rings. The molecule has 0 saturated heterocycles. The number of aliphatic hydroxyl groups excluding tert-OH is 1. The van der Waals surface area contributed by atoms with Gasteiger partial charge in [0.2, 0.25) is 6.41 Å². The summed E-state index contributed by atoms with van der Waals surface area (Å²) in [6.45, 7) is 7.78. The largest absolute Gasteiger partial charge is 0.465 e. The Morgan fingerprint density at radius 1 is 1.09 bits per heavy atom. The van der Waals surface area contributed by atoms with Gasteiger partial charge in [0.25, 0.3) is 0 Å². The molecule has 0 aliphatic carbocycles. The lowest BCUT2D eigenvalue weighted by Gasteiger charge is -2.38. The summed E-state index contributed by atoms with van der Waals surface area (Å²) in [7, 11) is 3.93. The fourth-order valence-corrected chi connectivity index (χ4v) is 3.76. The van der Waals surface area contributed by atoms with E-state index >= 15 is 0 Å². The van der Waals surface area contributed by atoms with E-state index in [4.69, 9.17) is 9.47 Å². The monoisotopic (exact) mass is 485 g/mol. The van der Waals surface area contributed by atoms with Crippen LogP contribution in [-0.2, 0) is 25.6 Å². The molecule has 2 aromatic carbocycles. The minimum atomic E-state index is -1.33. The van der Waals surface area contributed by atoms with Gasteiger partial charge in [0, 0.05) is 26.3 Å². The highest BCUT2D eigenvalue weighted by Gasteiger charge is 2.41. The van der Waals surface area contributed by atoms with Gasteiger partial charge in [-0.05, 0) is 51.0 Å². The second-order valence-electron chi connectivity index (χ2n) is 9.53. The summed E-state index contributed by atoms with van der Waals surface area (Å²) < 4.78 is 11.5. The van der Waals surface area contributed by atoms with Crippen LogP contribution in [0, 0.1) is 0 Å². The number of hydrogen-bond donors (Lipinski definition) is 3. The third-order valence-corrected chi connectivity index (χ3v) is 5.42. The highest BCUT2D eigenvalue weighted by atomic mass is 16.5. The van der Waals surface area contributed by atoms with Crippen molar-refractivity contribution in [3.63, 3.8) is 0 Å². The van der Waals surface area contributed by atoms with E-state index in [-0.39, 0.29) is 6.61 Å². The van der Waals surface area contributed by atoms with Crippen molar-refractivity contribution in [3.8, 4) is 0 Å². The molecule has 0 aliphatic heterocycles. The first kappa shape index (κ1) is 28.3. The Balaban J connectivity index is 2.37. The standard InChI is InChI=1S/C27H39N3O5/c1-7-34-26(33)23(28-17-19-13-15-21(16-14-19)30(5)6)24(32)25(35-27(2,3)4)22(29-18-31)20-11-9-8-10-12-20/h8-16,18,22-25,28,32H,7,17H2,1-6H3,(H,29,31)/t22?,23-,24-,25+/m1/s1. The number of benzene rings is 2. The lowest BCUT2D eigenvalue weighted by atomic mass is 9.92. The third-order valence-electron chi connectivity index (χ3n) is 5.42. The van der Waals surface area contributed by atoms with Crippen molar-refractivity contribution in [1.82, 2.24) is 10.6 Å². The van der Waals surface area contributed by atoms with E-state index in [0.717, 1.165) is 16.8 Å². The van der Waals surface area contributed by atoms with Crippen LogP contribution >= 0.6 is 0 Å². The van der Waals surface area contributed by atoms with Crippen LogP contribution in [0.5, 0.6) is 0 Å². The average Bonchev–Trinajstić information content (AvgIpc) is 2.81. The van der Waals surface area contributed by atoms with Gasteiger partial charge in [0.15, 0.2) is 0 Å². The summed E-state index contributed by atoms with van der Waals surface area (Å²) in [5, 5.41) is 17.4. The highest BCUT2D eigenvalue weighted by Crippen LogP contribution is 2.27. The summed E-state index contributed by atoms with van der Waals surface area (Å²) in [5.74, 6) is -0.592. The van der Waals surface area contributed by atoms with Crippen molar-refractivity contribution in [2.45, 2.75) is 64.1 Å². The Morgan fingerprint density at radius 3 is 2.23 bits per heavy atom. The van der Waals surface area contributed by atoms with Gasteiger partial charge < -0.3 is 24.8 Å². The normalized spacial score (nSPS) is 14.9. The van der Waals surface area contributed by atoms with Crippen LogP contribution in [0.4, 0.5) is 5.69 Å². The van der Waals surface area contributed by atoms with Crippen LogP contribution in [0.3, 0.4) is 0 Å². The van der Waals surface area contributed by atoms with Gasteiger partial charge in [0.05, 0.1) is 18.2 Å². The van der Waals surface area contributed by atoms with E-state index in [0.29, 0.717) is 13.0 Å². The first-order valence-electron chi connectivity index (χ1n) is 11.8. The van der Waals surface area contributed by atoms with Crippen molar-refractivity contribution in [2.75, 3.05) is 25.6 Å². The molecule has 0 bridgehead atoms. The molecule has 4 atom stereocenters. The molecule has 1 amide bonds. The lowest BCUT2D eigenvalue weighted by Crippen LogP contribution is -2.56. The fourth-order valence-electron chi connectivity index (χ4n) is 3.76. The minimum Gasteiger partial charge on any atom is -0.465 e. The van der Waals surface area contributed by atoms with E-state index < -0.39 is 35.9 Å². The van der Waals surface area contributed by atoms with Crippen molar-refractivity contribution >= 4 is 18.1 Å². The van der Waals surface area contributed by atoms with Gasteiger partial charge in [-0.15, -0.1) is 0 Å². The van der Waals surface area contributed by atoms with E-state index in [1.807, 2.05) is 94.4 Å². The molecule has 3 N–H and O–H groups in total. The predicted molar refractivity (Wildman–Crippen MR) is 137 cm³/mol. The van der Waals surface area contributed by atoms with Gasteiger partial charge in [-0.1, -0.05) is 42.5 Å². The van der Waals surface area contributed by atoms with Gasteiger partial charge in [-0.3, -0.25) is 14.9 Å². The van der Waals surface area contributed by atoms with Crippen molar-refractivity contribution < 1.29 is 24.2 Å². The Bertz CT molecular complexity index is 913. The number of carbonyl (C=O) groups excluding carboxylic acids is 2. The first-order chi connectivity index (χ1) is 16.6. The number of amides is 1. The van der Waals surface area contributed by atoms with E-state index in [9.17, 15) is 14.7 Å². The van der Waals surface area contributed by atoms with E-state index in [1.165, 1.54) is 0 Å². The van der Waals surface area contributed by atoms with Crippen molar-refractivity contribution in [3.05, 3.63) is 65.7 Å². The number of rotatable bonds is 13. The summed E-state index contributed by atoms with van der Waals surface area (Å²) in [5.41, 5.74) is 2.08. The molecule has 8 heteroatoms. The molecule has 192 valence electrons. The molecular formula is C27H39N3O5. The summed E-state index contributed by atoms with van der Waals surface area (Å²) in [6, 6.07) is 15.3. The number of aliphatic hydroxyl groups is 1. The zero-order valence-corrected chi connectivity index (χ0v) is 21.5. The maximum absolute atomic E-state index is 12.9. The van der Waals surface area contributed by atoms with Crippen LogP contribution < -0.4 is 15.5 Å². The number of hydrogen-bond acceptors (Lipinski definition) is 7. The second-order valence-corrected chi connectivity index (χ2v) is 9.53. The zero-order chi connectivity index (χ0) is 26.0. The lowest BCUT2D eigenvalue weighted by molar-refractivity contribution is -0.162. The summed E-state index contributed by atoms with van der Waals surface area (Å²) >= 11 is 0. The molecule has 35 heavy (non-hydrogen) atoms. The molecule has 0 aliphatic rings. The molecular weight excluding hydrogens is 446 g/mol. The van der Waals surface area contributed by atoms with E-state index in [2.05, 4.69) is 10.6 Å². The Labute approximate surface area is 208 Å². The number of ether oxygens (including phenoxy) is 2. The molecule has 8 nitrogen and oxygen atoms in total. The topological polar surface area (TPSA) is 100 Å². The molecule has 0 radical (unpaired) electrons. The number of nitrogens with zero attached hydrogens (tertiary/aromatic N) is 1. The zero-order valence-electron chi connectivity index (χ0n) is 21.5. The van der Waals surface area contributed by atoms with Crippen LogP contribution in [-0.4, -0.2) is 62.0 Å². The van der Waals surface area contributed by atoms with Gasteiger partial charge in [-0.25, -0.2) is 0 Å². The number of nitrogens with one attached hydrogen (secondary N) is 2. The van der Waals surface area contributed by atoms with Crippen molar-refractivity contribution in [2.24, 2.45) is 0 Å². The molecule has 0 saturated carbocycles. The molecule has 2 aromatic rings. The average molecular weight is 486 g/mol. The van der Waals surface area contributed by atoms with Crippen LogP contribution in [0.2, 0.25) is 0 Å². The van der Waals surface area contributed by atoms with Gasteiger partial charge in [0.1, 0.15) is 18.2 Å².